The summed E-state index contributed by atoms with van der Waals surface area (Å²) in [5, 5.41) is 20.6. The molecule has 0 unspecified atom stereocenters. The Morgan fingerprint density at radius 3 is 2.43 bits per heavy atom. The number of aliphatic carboxylic acids is 1. The molecule has 0 amide bonds. The van der Waals surface area contributed by atoms with Crippen LogP contribution in [0.5, 0.6) is 0 Å². The highest BCUT2D eigenvalue weighted by atomic mass is 35.5. The van der Waals surface area contributed by atoms with Gasteiger partial charge >= 0.3 is 5.97 Å². The Hall–Kier alpha value is -1.26. The molecular formula is C9H10ClNO3. The maximum Gasteiger partial charge on any atom is 0.328 e. The summed E-state index contributed by atoms with van der Waals surface area (Å²) in [7, 11) is 0. The first-order valence-corrected chi connectivity index (χ1v) is 4.37. The van der Waals surface area contributed by atoms with Gasteiger partial charge in [-0.25, -0.2) is 4.79 Å². The number of aliphatic hydroxyl groups is 1. The maximum atomic E-state index is 10.6. The van der Waals surface area contributed by atoms with E-state index in [9.17, 15) is 4.79 Å². The van der Waals surface area contributed by atoms with Gasteiger partial charge in [0.05, 0.1) is 6.61 Å². The van der Waals surface area contributed by atoms with E-state index in [-0.39, 0.29) is 0 Å². The number of benzene rings is 1. The van der Waals surface area contributed by atoms with E-state index in [0.717, 1.165) is 0 Å². The van der Waals surface area contributed by atoms with Crippen LogP contribution in [-0.4, -0.2) is 28.8 Å². The summed E-state index contributed by atoms with van der Waals surface area (Å²) in [6, 6.07) is 5.58. The van der Waals surface area contributed by atoms with E-state index in [1.54, 1.807) is 24.3 Å². The summed E-state index contributed by atoms with van der Waals surface area (Å²) in [6.07, 6.45) is 0. The maximum absolute atomic E-state index is 10.6. The van der Waals surface area contributed by atoms with Crippen LogP contribution in [0.2, 0.25) is 5.02 Å². The molecule has 0 aliphatic heterocycles. The molecule has 1 aromatic rings. The Labute approximate surface area is 86.1 Å². The van der Waals surface area contributed by atoms with Crippen LogP contribution in [0.25, 0.3) is 0 Å². The van der Waals surface area contributed by atoms with Crippen LogP contribution in [0.3, 0.4) is 0 Å². The molecule has 0 aliphatic rings. The van der Waals surface area contributed by atoms with Gasteiger partial charge in [-0.05, 0) is 24.3 Å². The lowest BCUT2D eigenvalue weighted by atomic mass is 10.2. The molecule has 4 nitrogen and oxygen atoms in total. The fourth-order valence-electron chi connectivity index (χ4n) is 0.933. The molecule has 5 heteroatoms. The van der Waals surface area contributed by atoms with Gasteiger partial charge in [-0.15, -0.1) is 0 Å². The van der Waals surface area contributed by atoms with Crippen LogP contribution < -0.4 is 5.32 Å². The molecule has 0 heterocycles. The highest BCUT2D eigenvalue weighted by Crippen LogP contribution is 2.14. The number of halogens is 1. The molecule has 3 N–H and O–H groups in total. The van der Waals surface area contributed by atoms with Crippen molar-refractivity contribution in [1.82, 2.24) is 0 Å². The summed E-state index contributed by atoms with van der Waals surface area (Å²) in [5.74, 6) is -1.09. The Morgan fingerprint density at radius 2 is 2.00 bits per heavy atom. The van der Waals surface area contributed by atoms with Gasteiger partial charge < -0.3 is 15.5 Å². The van der Waals surface area contributed by atoms with Gasteiger partial charge in [0.1, 0.15) is 6.04 Å². The monoisotopic (exact) mass is 215 g/mol. The van der Waals surface area contributed by atoms with E-state index in [1.807, 2.05) is 0 Å². The van der Waals surface area contributed by atoms with Crippen molar-refractivity contribution in [2.75, 3.05) is 11.9 Å². The summed E-state index contributed by atoms with van der Waals surface area (Å²) in [5.41, 5.74) is 0.607. The molecular weight excluding hydrogens is 206 g/mol. The minimum absolute atomic E-state index is 0.460. The molecule has 0 aliphatic carbocycles. The quantitative estimate of drug-likeness (QED) is 0.706. The van der Waals surface area contributed by atoms with Crippen molar-refractivity contribution >= 4 is 23.3 Å². The predicted molar refractivity (Wildman–Crippen MR) is 53.6 cm³/mol. The molecule has 0 saturated carbocycles. The van der Waals surface area contributed by atoms with Crippen LogP contribution in [0, 0.1) is 0 Å². The van der Waals surface area contributed by atoms with Crippen molar-refractivity contribution in [3.63, 3.8) is 0 Å². The standard InChI is InChI=1S/C9H10ClNO3/c10-6-1-3-7(4-2-6)11-8(5-12)9(13)14/h1-4,8,11-12H,5H2,(H,13,14)/t8-/m0/s1. The molecule has 0 aromatic heterocycles. The summed E-state index contributed by atoms with van der Waals surface area (Å²) < 4.78 is 0. The third kappa shape index (κ3) is 2.90. The molecule has 76 valence electrons. The van der Waals surface area contributed by atoms with E-state index >= 15 is 0 Å². The van der Waals surface area contributed by atoms with Crippen molar-refractivity contribution in [3.05, 3.63) is 29.3 Å². The molecule has 1 atom stereocenters. The molecule has 0 saturated heterocycles. The van der Waals surface area contributed by atoms with Gasteiger partial charge in [0.15, 0.2) is 0 Å². The molecule has 0 radical (unpaired) electrons. The normalized spacial score (nSPS) is 12.1. The topological polar surface area (TPSA) is 69.6 Å². The third-order valence-corrected chi connectivity index (χ3v) is 1.92. The van der Waals surface area contributed by atoms with E-state index < -0.39 is 18.6 Å². The fourth-order valence-corrected chi connectivity index (χ4v) is 1.06. The van der Waals surface area contributed by atoms with Crippen molar-refractivity contribution in [3.8, 4) is 0 Å². The fraction of sp³-hybridized carbons (Fsp3) is 0.222. The van der Waals surface area contributed by atoms with Gasteiger partial charge in [-0.1, -0.05) is 11.6 Å². The lowest BCUT2D eigenvalue weighted by Crippen LogP contribution is -2.32. The Bertz CT molecular complexity index is 312. The second kappa shape index (κ2) is 4.83. The number of carbonyl (C=O) groups is 1. The Balaban J connectivity index is 2.67. The van der Waals surface area contributed by atoms with Crippen LogP contribution >= 0.6 is 11.6 Å². The van der Waals surface area contributed by atoms with Crippen molar-refractivity contribution in [1.29, 1.82) is 0 Å². The Kier molecular flexibility index (Phi) is 3.73. The van der Waals surface area contributed by atoms with E-state index in [0.29, 0.717) is 10.7 Å². The largest absolute Gasteiger partial charge is 0.480 e. The lowest BCUT2D eigenvalue weighted by molar-refractivity contribution is -0.138. The second-order valence-corrected chi connectivity index (χ2v) is 3.16. The summed E-state index contributed by atoms with van der Waals surface area (Å²) in [4.78, 5) is 10.6. The number of hydrogen-bond donors (Lipinski definition) is 3. The number of carboxylic acid groups (broad SMARTS) is 1. The number of anilines is 1. The van der Waals surface area contributed by atoms with E-state index in [4.69, 9.17) is 21.8 Å². The van der Waals surface area contributed by atoms with Crippen molar-refractivity contribution < 1.29 is 15.0 Å². The number of carboxylic acids is 1. The second-order valence-electron chi connectivity index (χ2n) is 2.72. The zero-order chi connectivity index (χ0) is 10.6. The van der Waals surface area contributed by atoms with Gasteiger partial charge in [-0.2, -0.15) is 0 Å². The first-order chi connectivity index (χ1) is 6.63. The van der Waals surface area contributed by atoms with Crippen LogP contribution in [-0.2, 0) is 4.79 Å². The number of hydrogen-bond acceptors (Lipinski definition) is 3. The van der Waals surface area contributed by atoms with E-state index in [1.165, 1.54) is 0 Å². The number of rotatable bonds is 4. The lowest BCUT2D eigenvalue weighted by Gasteiger charge is -2.12. The molecule has 14 heavy (non-hydrogen) atoms. The number of aliphatic hydroxyl groups excluding tert-OH is 1. The minimum atomic E-state index is -1.09. The molecule has 1 rings (SSSR count). The van der Waals surface area contributed by atoms with Crippen LogP contribution in [0.15, 0.2) is 24.3 Å². The zero-order valence-corrected chi connectivity index (χ0v) is 8.03. The van der Waals surface area contributed by atoms with E-state index in [2.05, 4.69) is 5.32 Å². The first-order valence-electron chi connectivity index (χ1n) is 3.99. The highest BCUT2D eigenvalue weighted by molar-refractivity contribution is 6.30. The van der Waals surface area contributed by atoms with Crippen LogP contribution in [0.4, 0.5) is 5.69 Å². The Morgan fingerprint density at radius 1 is 1.43 bits per heavy atom. The molecule has 0 fully saturated rings. The number of nitrogens with one attached hydrogen (secondary N) is 1. The summed E-state index contributed by atoms with van der Waals surface area (Å²) >= 11 is 5.65. The van der Waals surface area contributed by atoms with Crippen molar-refractivity contribution in [2.24, 2.45) is 0 Å². The smallest absolute Gasteiger partial charge is 0.328 e. The molecule has 1 aromatic carbocycles. The van der Waals surface area contributed by atoms with Crippen molar-refractivity contribution in [2.45, 2.75) is 6.04 Å². The molecule has 0 bridgehead atoms. The van der Waals surface area contributed by atoms with Gasteiger partial charge in [0.2, 0.25) is 0 Å². The highest BCUT2D eigenvalue weighted by Gasteiger charge is 2.14. The van der Waals surface area contributed by atoms with Gasteiger partial charge in [0, 0.05) is 10.7 Å². The summed E-state index contributed by atoms with van der Waals surface area (Å²) in [6.45, 7) is -0.460. The predicted octanol–water partition coefficient (Wildman–Crippen LogP) is 1.20. The molecule has 0 spiro atoms. The van der Waals surface area contributed by atoms with Gasteiger partial charge in [0.25, 0.3) is 0 Å². The van der Waals surface area contributed by atoms with Crippen LogP contribution in [0.1, 0.15) is 0 Å². The zero-order valence-electron chi connectivity index (χ0n) is 7.27. The average Bonchev–Trinajstić information content (AvgIpc) is 2.16. The van der Waals surface area contributed by atoms with Gasteiger partial charge in [-0.3, -0.25) is 0 Å². The third-order valence-electron chi connectivity index (χ3n) is 1.67. The SMILES string of the molecule is O=C(O)[C@H](CO)Nc1ccc(Cl)cc1. The minimum Gasteiger partial charge on any atom is -0.480 e. The average molecular weight is 216 g/mol. The first kappa shape index (κ1) is 10.8.